The number of phenolic OH excluding ortho intramolecular Hbond substituents is 1. The van der Waals surface area contributed by atoms with Crippen LogP contribution in [0.1, 0.15) is 5.56 Å². The third-order valence-corrected chi connectivity index (χ3v) is 2.34. The summed E-state index contributed by atoms with van der Waals surface area (Å²) in [6.45, 7) is 0.537. The molecule has 2 rings (SSSR count). The van der Waals surface area contributed by atoms with E-state index in [4.69, 9.17) is 5.73 Å². The number of aromatic hydroxyl groups is 1. The summed E-state index contributed by atoms with van der Waals surface area (Å²) in [5.41, 5.74) is 8.40. The van der Waals surface area contributed by atoms with Crippen molar-refractivity contribution in [2.45, 2.75) is 6.54 Å². The van der Waals surface area contributed by atoms with Gasteiger partial charge in [-0.3, -0.25) is 0 Å². The van der Waals surface area contributed by atoms with Crippen LogP contribution in [0.2, 0.25) is 0 Å². The number of phenols is 1. The predicted molar refractivity (Wildman–Crippen MR) is 60.3 cm³/mol. The second kappa shape index (κ2) is 4.15. The Bertz CT molecular complexity index is 448. The highest BCUT2D eigenvalue weighted by Gasteiger charge is 2.02. The molecular formula is C13H12NO. The van der Waals surface area contributed by atoms with E-state index in [0.29, 0.717) is 6.54 Å². The molecule has 2 nitrogen and oxygen atoms in total. The van der Waals surface area contributed by atoms with Gasteiger partial charge in [-0.15, -0.1) is 0 Å². The van der Waals surface area contributed by atoms with Crippen molar-refractivity contribution in [3.8, 4) is 16.9 Å². The summed E-state index contributed by atoms with van der Waals surface area (Å²) in [6.07, 6.45) is 0. The van der Waals surface area contributed by atoms with Gasteiger partial charge in [-0.25, -0.2) is 0 Å². The van der Waals surface area contributed by atoms with Crippen molar-refractivity contribution in [3.63, 3.8) is 0 Å². The van der Waals surface area contributed by atoms with Crippen molar-refractivity contribution in [1.29, 1.82) is 0 Å². The van der Waals surface area contributed by atoms with Crippen LogP contribution in [0.4, 0.5) is 0 Å². The highest BCUT2D eigenvalue weighted by atomic mass is 16.3. The van der Waals surface area contributed by atoms with Gasteiger partial charge in [0, 0.05) is 12.1 Å². The Morgan fingerprint density at radius 2 is 1.87 bits per heavy atom. The van der Waals surface area contributed by atoms with Gasteiger partial charge in [-0.2, -0.15) is 0 Å². The van der Waals surface area contributed by atoms with Crippen LogP contribution in [0.5, 0.6) is 5.75 Å². The number of nitrogens with two attached hydrogens (primary N) is 1. The molecule has 0 aliphatic carbocycles. The Balaban J connectivity index is 2.42. The highest BCUT2D eigenvalue weighted by Crippen LogP contribution is 2.28. The fraction of sp³-hybridized carbons (Fsp3) is 0.0769. The summed E-state index contributed by atoms with van der Waals surface area (Å²) in [7, 11) is 0. The van der Waals surface area contributed by atoms with E-state index in [0.717, 1.165) is 16.7 Å². The lowest BCUT2D eigenvalue weighted by molar-refractivity contribution is 0.477. The minimum absolute atomic E-state index is 0.248. The summed E-state index contributed by atoms with van der Waals surface area (Å²) < 4.78 is 0. The first-order chi connectivity index (χ1) is 7.31. The first-order valence-electron chi connectivity index (χ1n) is 4.79. The van der Waals surface area contributed by atoms with Crippen molar-refractivity contribution in [2.24, 2.45) is 5.73 Å². The smallest absolute Gasteiger partial charge is 0.124 e. The van der Waals surface area contributed by atoms with Crippen LogP contribution in [0, 0.1) is 6.07 Å². The SMILES string of the molecule is NCc1ccc(-c2cc[c]cc2O)cc1. The van der Waals surface area contributed by atoms with E-state index in [1.54, 1.807) is 12.1 Å². The maximum Gasteiger partial charge on any atom is 0.124 e. The highest BCUT2D eigenvalue weighted by molar-refractivity contribution is 5.69. The second-order valence-corrected chi connectivity index (χ2v) is 3.34. The van der Waals surface area contributed by atoms with Crippen LogP contribution in [0.15, 0.2) is 42.5 Å². The van der Waals surface area contributed by atoms with Crippen LogP contribution in [0.3, 0.4) is 0 Å². The first kappa shape index (κ1) is 9.74. The van der Waals surface area contributed by atoms with Crippen molar-refractivity contribution in [3.05, 3.63) is 54.1 Å². The Morgan fingerprint density at radius 3 is 2.47 bits per heavy atom. The molecule has 0 heterocycles. The third-order valence-electron chi connectivity index (χ3n) is 2.34. The molecule has 1 radical (unpaired) electrons. The van der Waals surface area contributed by atoms with Crippen molar-refractivity contribution < 1.29 is 5.11 Å². The zero-order chi connectivity index (χ0) is 10.7. The van der Waals surface area contributed by atoms with Gasteiger partial charge in [0.2, 0.25) is 0 Å². The molecule has 0 aliphatic rings. The van der Waals surface area contributed by atoms with Gasteiger partial charge < -0.3 is 10.8 Å². The summed E-state index contributed by atoms with van der Waals surface area (Å²) in [5.74, 6) is 0.248. The molecule has 3 N–H and O–H groups in total. The molecule has 0 aliphatic heterocycles. The Morgan fingerprint density at radius 1 is 1.13 bits per heavy atom. The standard InChI is InChI=1S/C13H12NO/c14-9-10-5-7-11(8-6-10)12-3-1-2-4-13(12)15/h1,3-8,15H,9,14H2. The Hall–Kier alpha value is -1.80. The molecule has 0 aromatic heterocycles. The van der Waals surface area contributed by atoms with E-state index in [-0.39, 0.29) is 5.75 Å². The minimum Gasteiger partial charge on any atom is -0.507 e. The van der Waals surface area contributed by atoms with Crippen molar-refractivity contribution in [1.82, 2.24) is 0 Å². The van der Waals surface area contributed by atoms with Gasteiger partial charge in [0.15, 0.2) is 0 Å². The fourth-order valence-electron chi connectivity index (χ4n) is 1.49. The molecule has 2 heteroatoms. The van der Waals surface area contributed by atoms with Crippen molar-refractivity contribution >= 4 is 0 Å². The van der Waals surface area contributed by atoms with E-state index in [1.807, 2.05) is 30.3 Å². The van der Waals surface area contributed by atoms with E-state index in [2.05, 4.69) is 6.07 Å². The lowest BCUT2D eigenvalue weighted by Gasteiger charge is -2.04. The number of hydrogen-bond acceptors (Lipinski definition) is 2. The molecule has 2 aromatic rings. The normalized spacial score (nSPS) is 10.2. The van der Waals surface area contributed by atoms with Crippen LogP contribution >= 0.6 is 0 Å². The molecule has 15 heavy (non-hydrogen) atoms. The monoisotopic (exact) mass is 198 g/mol. The lowest BCUT2D eigenvalue weighted by atomic mass is 10.0. The number of rotatable bonds is 2. The molecule has 0 saturated carbocycles. The fourth-order valence-corrected chi connectivity index (χ4v) is 1.49. The Labute approximate surface area is 89.0 Å². The molecular weight excluding hydrogens is 186 g/mol. The molecule has 0 fully saturated rings. The summed E-state index contributed by atoms with van der Waals surface area (Å²) >= 11 is 0. The van der Waals surface area contributed by atoms with E-state index < -0.39 is 0 Å². The maximum absolute atomic E-state index is 9.63. The first-order valence-corrected chi connectivity index (χ1v) is 4.79. The summed E-state index contributed by atoms with van der Waals surface area (Å²) in [4.78, 5) is 0. The lowest BCUT2D eigenvalue weighted by Crippen LogP contribution is -1.95. The Kier molecular flexibility index (Phi) is 2.70. The minimum atomic E-state index is 0.248. The quantitative estimate of drug-likeness (QED) is 0.777. The van der Waals surface area contributed by atoms with Crippen LogP contribution in [0.25, 0.3) is 11.1 Å². The molecule has 2 aromatic carbocycles. The average molecular weight is 198 g/mol. The van der Waals surface area contributed by atoms with Gasteiger partial charge in [0.1, 0.15) is 5.75 Å². The predicted octanol–water partition coefficient (Wildman–Crippen LogP) is 2.32. The van der Waals surface area contributed by atoms with E-state index in [1.165, 1.54) is 0 Å². The van der Waals surface area contributed by atoms with Gasteiger partial charge >= 0.3 is 0 Å². The topological polar surface area (TPSA) is 46.2 Å². The summed E-state index contributed by atoms with van der Waals surface area (Å²) in [5, 5.41) is 9.63. The van der Waals surface area contributed by atoms with Crippen molar-refractivity contribution in [2.75, 3.05) is 0 Å². The van der Waals surface area contributed by atoms with Gasteiger partial charge in [-0.05, 0) is 23.3 Å². The van der Waals surface area contributed by atoms with E-state index in [9.17, 15) is 5.11 Å². The van der Waals surface area contributed by atoms with Crippen LogP contribution in [-0.2, 0) is 6.54 Å². The largest absolute Gasteiger partial charge is 0.507 e. The zero-order valence-electron chi connectivity index (χ0n) is 8.27. The third kappa shape index (κ3) is 2.00. The van der Waals surface area contributed by atoms with Gasteiger partial charge in [0.25, 0.3) is 0 Å². The zero-order valence-corrected chi connectivity index (χ0v) is 8.27. The average Bonchev–Trinajstić information content (AvgIpc) is 2.30. The maximum atomic E-state index is 9.63. The number of benzene rings is 2. The molecule has 0 unspecified atom stereocenters. The van der Waals surface area contributed by atoms with Crippen LogP contribution in [-0.4, -0.2) is 5.11 Å². The molecule has 75 valence electrons. The molecule has 0 atom stereocenters. The van der Waals surface area contributed by atoms with E-state index >= 15 is 0 Å². The van der Waals surface area contributed by atoms with Gasteiger partial charge in [-0.1, -0.05) is 36.4 Å². The molecule has 0 saturated heterocycles. The second-order valence-electron chi connectivity index (χ2n) is 3.34. The molecule has 0 bridgehead atoms. The van der Waals surface area contributed by atoms with Gasteiger partial charge in [0.05, 0.1) is 0 Å². The van der Waals surface area contributed by atoms with Crippen LogP contribution < -0.4 is 5.73 Å². The molecule has 0 spiro atoms. The number of hydrogen-bond donors (Lipinski definition) is 2. The molecule has 0 amide bonds. The summed E-state index contributed by atoms with van der Waals surface area (Å²) in [6, 6.07) is 15.8.